The summed E-state index contributed by atoms with van der Waals surface area (Å²) in [4.78, 5) is 28.1. The van der Waals surface area contributed by atoms with Crippen molar-refractivity contribution in [2.75, 3.05) is 26.2 Å². The van der Waals surface area contributed by atoms with Crippen LogP contribution in [-0.4, -0.2) is 55.7 Å². The summed E-state index contributed by atoms with van der Waals surface area (Å²) in [6.07, 6.45) is 6.43. The summed E-state index contributed by atoms with van der Waals surface area (Å²) in [5.41, 5.74) is 0. The lowest BCUT2D eigenvalue weighted by molar-refractivity contribution is -0.127. The highest BCUT2D eigenvalue weighted by molar-refractivity contribution is 7.89. The minimum Gasteiger partial charge on any atom is -0.354 e. The van der Waals surface area contributed by atoms with Crippen LogP contribution in [0.15, 0.2) is 23.2 Å². The van der Waals surface area contributed by atoms with Gasteiger partial charge in [0.25, 0.3) is 0 Å². The van der Waals surface area contributed by atoms with E-state index in [1.807, 2.05) is 0 Å². The number of piperidine rings is 1. The second kappa shape index (κ2) is 9.86. The quantitative estimate of drug-likeness (QED) is 0.492. The number of sulfonamides is 1. The molecule has 0 spiro atoms. The number of carbonyl (C=O) groups excluding carboxylic acids is 2. The van der Waals surface area contributed by atoms with E-state index in [9.17, 15) is 18.0 Å². The topological polar surface area (TPSA) is 108 Å². The molecule has 0 atom stereocenters. The number of pyridine rings is 1. The van der Waals surface area contributed by atoms with Crippen LogP contribution in [0.3, 0.4) is 0 Å². The number of halogens is 1. The minimum atomic E-state index is -3.72. The lowest BCUT2D eigenvalue weighted by Crippen LogP contribution is -2.44. The van der Waals surface area contributed by atoms with Crippen molar-refractivity contribution >= 4 is 33.4 Å². The summed E-state index contributed by atoms with van der Waals surface area (Å²) in [6, 6.07) is 2.97. The smallest absolute Gasteiger partial charge is 0.246 e. The summed E-state index contributed by atoms with van der Waals surface area (Å²) in [5.74, 6) is -0.150. The molecule has 0 unspecified atom stereocenters. The Morgan fingerprint density at radius 2 is 1.59 bits per heavy atom. The Morgan fingerprint density at radius 1 is 1.03 bits per heavy atom. The van der Waals surface area contributed by atoms with Crippen LogP contribution in [0.4, 0.5) is 0 Å². The van der Waals surface area contributed by atoms with E-state index in [4.69, 9.17) is 11.6 Å². The third-order valence-electron chi connectivity index (χ3n) is 5.62. The van der Waals surface area contributed by atoms with Gasteiger partial charge in [0.2, 0.25) is 21.8 Å². The number of aromatic nitrogens is 1. The van der Waals surface area contributed by atoms with E-state index in [2.05, 4.69) is 15.6 Å². The van der Waals surface area contributed by atoms with Crippen molar-refractivity contribution in [1.29, 1.82) is 0 Å². The first-order valence-corrected chi connectivity index (χ1v) is 11.9. The molecule has 0 bridgehead atoms. The Balaban J connectivity index is 1.41. The summed E-state index contributed by atoms with van der Waals surface area (Å²) in [6.45, 7) is 1.29. The normalized spacial score (nSPS) is 19.2. The minimum absolute atomic E-state index is 0.0115. The van der Waals surface area contributed by atoms with Crippen LogP contribution < -0.4 is 10.6 Å². The van der Waals surface area contributed by atoms with Crippen molar-refractivity contribution < 1.29 is 18.0 Å². The first-order valence-electron chi connectivity index (χ1n) is 10.1. The van der Waals surface area contributed by atoms with Crippen molar-refractivity contribution in [3.63, 3.8) is 0 Å². The molecule has 1 saturated carbocycles. The zero-order valence-electron chi connectivity index (χ0n) is 16.3. The van der Waals surface area contributed by atoms with E-state index in [1.54, 1.807) is 0 Å². The van der Waals surface area contributed by atoms with E-state index in [1.165, 1.54) is 22.6 Å². The number of rotatable bonds is 7. The van der Waals surface area contributed by atoms with Crippen molar-refractivity contribution in [2.45, 2.75) is 43.4 Å². The fourth-order valence-corrected chi connectivity index (χ4v) is 5.81. The van der Waals surface area contributed by atoms with Gasteiger partial charge in [0.05, 0.1) is 0 Å². The van der Waals surface area contributed by atoms with E-state index < -0.39 is 10.0 Å². The molecule has 29 heavy (non-hydrogen) atoms. The average molecular weight is 443 g/mol. The lowest BCUT2D eigenvalue weighted by atomic mass is 9.97. The highest BCUT2D eigenvalue weighted by Gasteiger charge is 2.33. The molecule has 3 rings (SSSR count). The Morgan fingerprint density at radius 3 is 2.14 bits per heavy atom. The third-order valence-corrected chi connectivity index (χ3v) is 7.96. The van der Waals surface area contributed by atoms with Crippen LogP contribution in [-0.2, 0) is 19.6 Å². The van der Waals surface area contributed by atoms with E-state index in [-0.39, 0.29) is 46.8 Å². The van der Waals surface area contributed by atoms with Gasteiger partial charge in [-0.25, -0.2) is 13.4 Å². The number of nitrogens with one attached hydrogen (secondary N) is 2. The van der Waals surface area contributed by atoms with Gasteiger partial charge in [-0.05, 0) is 37.8 Å². The Labute approximate surface area is 176 Å². The largest absolute Gasteiger partial charge is 0.354 e. The van der Waals surface area contributed by atoms with Crippen molar-refractivity contribution in [1.82, 2.24) is 19.9 Å². The van der Waals surface area contributed by atoms with Crippen LogP contribution in [0, 0.1) is 11.8 Å². The molecule has 1 aromatic heterocycles. The van der Waals surface area contributed by atoms with Crippen molar-refractivity contribution in [3.05, 3.63) is 23.5 Å². The molecule has 1 saturated heterocycles. The van der Waals surface area contributed by atoms with Crippen LogP contribution in [0.1, 0.15) is 38.5 Å². The van der Waals surface area contributed by atoms with Gasteiger partial charge < -0.3 is 10.6 Å². The predicted molar refractivity (Wildman–Crippen MR) is 109 cm³/mol. The molecule has 2 N–H and O–H groups in total. The fourth-order valence-electron chi connectivity index (χ4n) is 3.91. The monoisotopic (exact) mass is 442 g/mol. The number of hydrogen-bond donors (Lipinski definition) is 2. The predicted octanol–water partition coefficient (Wildman–Crippen LogP) is 1.56. The average Bonchev–Trinajstić information content (AvgIpc) is 3.26. The molecule has 1 aromatic rings. The van der Waals surface area contributed by atoms with E-state index in [0.29, 0.717) is 25.9 Å². The van der Waals surface area contributed by atoms with Gasteiger partial charge in [0.1, 0.15) is 10.0 Å². The first-order chi connectivity index (χ1) is 13.9. The van der Waals surface area contributed by atoms with Gasteiger partial charge in [-0.2, -0.15) is 4.31 Å². The number of hydrogen-bond acceptors (Lipinski definition) is 5. The van der Waals surface area contributed by atoms with Gasteiger partial charge in [-0.1, -0.05) is 24.4 Å². The van der Waals surface area contributed by atoms with Gasteiger partial charge in [0, 0.05) is 44.2 Å². The second-order valence-corrected chi connectivity index (χ2v) is 9.80. The molecule has 1 aliphatic heterocycles. The SMILES string of the molecule is O=C(NCCNC(=O)C1CCN(S(=O)(=O)c2cccnc2Cl)CC1)C1CCCC1. The molecule has 2 heterocycles. The molecule has 160 valence electrons. The van der Waals surface area contributed by atoms with Crippen LogP contribution in [0.2, 0.25) is 5.15 Å². The second-order valence-electron chi connectivity index (χ2n) is 7.53. The fraction of sp³-hybridized carbons (Fsp3) is 0.632. The molecule has 10 heteroatoms. The molecular weight excluding hydrogens is 416 g/mol. The number of amides is 2. The molecular formula is C19H27ClN4O4S. The number of nitrogens with zero attached hydrogens (tertiary/aromatic N) is 2. The van der Waals surface area contributed by atoms with Gasteiger partial charge in [-0.3, -0.25) is 9.59 Å². The van der Waals surface area contributed by atoms with Crippen LogP contribution in [0.25, 0.3) is 0 Å². The Kier molecular flexibility index (Phi) is 7.48. The summed E-state index contributed by atoms with van der Waals surface area (Å²) < 4.78 is 26.8. The molecule has 0 radical (unpaired) electrons. The maximum Gasteiger partial charge on any atom is 0.246 e. The summed E-state index contributed by atoms with van der Waals surface area (Å²) in [7, 11) is -3.72. The first kappa shape index (κ1) is 22.0. The van der Waals surface area contributed by atoms with Gasteiger partial charge in [-0.15, -0.1) is 0 Å². The zero-order valence-corrected chi connectivity index (χ0v) is 17.8. The molecule has 2 amide bonds. The third kappa shape index (κ3) is 5.46. The lowest BCUT2D eigenvalue weighted by Gasteiger charge is -2.30. The Hall–Kier alpha value is -1.71. The van der Waals surface area contributed by atoms with E-state index in [0.717, 1.165) is 25.7 Å². The van der Waals surface area contributed by atoms with E-state index >= 15 is 0 Å². The highest BCUT2D eigenvalue weighted by Crippen LogP contribution is 2.27. The standard InChI is InChI=1S/C19H27ClN4O4S/c20-17-16(6-3-9-21-17)29(27,28)24-12-7-15(8-13-24)19(26)23-11-10-22-18(25)14-4-1-2-5-14/h3,6,9,14-15H,1-2,4-5,7-8,10-13H2,(H,22,25)(H,23,26). The maximum absolute atomic E-state index is 12.7. The highest BCUT2D eigenvalue weighted by atomic mass is 35.5. The molecule has 0 aromatic carbocycles. The molecule has 8 nitrogen and oxygen atoms in total. The maximum atomic E-state index is 12.7. The Bertz CT molecular complexity index is 834. The molecule has 1 aliphatic carbocycles. The van der Waals surface area contributed by atoms with Crippen molar-refractivity contribution in [3.8, 4) is 0 Å². The zero-order chi connectivity index (χ0) is 20.9. The van der Waals surface area contributed by atoms with Crippen molar-refractivity contribution in [2.24, 2.45) is 11.8 Å². The summed E-state index contributed by atoms with van der Waals surface area (Å²) in [5, 5.41) is 5.66. The molecule has 2 aliphatic rings. The van der Waals surface area contributed by atoms with Crippen LogP contribution in [0.5, 0.6) is 0 Å². The van der Waals surface area contributed by atoms with Crippen LogP contribution >= 0.6 is 11.6 Å². The molecule has 2 fully saturated rings. The van der Waals surface area contributed by atoms with Gasteiger partial charge in [0.15, 0.2) is 0 Å². The summed E-state index contributed by atoms with van der Waals surface area (Å²) >= 11 is 5.93. The number of carbonyl (C=O) groups is 2. The van der Waals surface area contributed by atoms with Gasteiger partial charge >= 0.3 is 0 Å².